The van der Waals surface area contributed by atoms with Crippen molar-refractivity contribution in [3.8, 4) is 6.07 Å². The summed E-state index contributed by atoms with van der Waals surface area (Å²) < 4.78 is 14.8. The lowest BCUT2D eigenvalue weighted by molar-refractivity contribution is 0.131. The van der Waals surface area contributed by atoms with Gasteiger partial charge in [0, 0.05) is 30.7 Å². The minimum absolute atomic E-state index is 0.101. The van der Waals surface area contributed by atoms with Gasteiger partial charge in [0.15, 0.2) is 0 Å². The maximum atomic E-state index is 14.8. The Hall–Kier alpha value is -2.75. The highest BCUT2D eigenvalue weighted by molar-refractivity contribution is 5.97. The Morgan fingerprint density at radius 1 is 1.40 bits per heavy atom. The van der Waals surface area contributed by atoms with Gasteiger partial charge in [-0.1, -0.05) is 0 Å². The maximum absolute atomic E-state index is 14.8. The second-order valence-electron chi connectivity index (χ2n) is 6.93. The van der Waals surface area contributed by atoms with E-state index in [0.717, 1.165) is 18.5 Å². The second-order valence-corrected chi connectivity index (χ2v) is 6.93. The molecular formula is C18H19FN4O2. The lowest BCUT2D eigenvalue weighted by atomic mass is 9.91. The first-order valence-corrected chi connectivity index (χ1v) is 8.46. The molecule has 0 saturated carbocycles. The summed E-state index contributed by atoms with van der Waals surface area (Å²) in [5, 5.41) is 19.4. The third-order valence-corrected chi connectivity index (χ3v) is 5.52. The molecule has 0 radical (unpaired) electrons. The van der Waals surface area contributed by atoms with Gasteiger partial charge in [0.2, 0.25) is 0 Å². The Bertz CT molecular complexity index is 901. The highest BCUT2D eigenvalue weighted by Crippen LogP contribution is 2.38. The van der Waals surface area contributed by atoms with Crippen LogP contribution in [0, 0.1) is 30.0 Å². The van der Waals surface area contributed by atoms with Crippen molar-refractivity contribution in [1.82, 2.24) is 9.88 Å². The molecule has 2 fully saturated rings. The summed E-state index contributed by atoms with van der Waals surface area (Å²) in [5.41, 5.74) is 2.25. The summed E-state index contributed by atoms with van der Waals surface area (Å²) in [7, 11) is 0. The van der Waals surface area contributed by atoms with Gasteiger partial charge in [-0.05, 0) is 37.8 Å². The molecule has 7 heteroatoms. The Morgan fingerprint density at radius 3 is 2.88 bits per heavy atom. The molecule has 1 aromatic carbocycles. The molecule has 2 aliphatic heterocycles. The van der Waals surface area contributed by atoms with Crippen LogP contribution in [0.15, 0.2) is 12.1 Å². The number of anilines is 1. The van der Waals surface area contributed by atoms with Gasteiger partial charge < -0.3 is 19.9 Å². The van der Waals surface area contributed by atoms with Crippen LogP contribution in [0.2, 0.25) is 0 Å². The van der Waals surface area contributed by atoms with Crippen LogP contribution < -0.4 is 4.90 Å². The average molecular weight is 342 g/mol. The van der Waals surface area contributed by atoms with E-state index in [1.165, 1.54) is 11.0 Å². The van der Waals surface area contributed by atoms with Crippen molar-refractivity contribution in [3.63, 3.8) is 0 Å². The molecule has 2 atom stereocenters. The number of carbonyl (C=O) groups is 1. The summed E-state index contributed by atoms with van der Waals surface area (Å²) in [4.78, 5) is 18.0. The number of aryl methyl sites for hydroxylation is 1. The van der Waals surface area contributed by atoms with Gasteiger partial charge >= 0.3 is 6.09 Å². The fraction of sp³-hybridized carbons (Fsp3) is 0.444. The minimum Gasteiger partial charge on any atom is -0.465 e. The van der Waals surface area contributed by atoms with Crippen molar-refractivity contribution in [2.45, 2.75) is 25.8 Å². The monoisotopic (exact) mass is 342 g/mol. The van der Waals surface area contributed by atoms with Crippen LogP contribution in [0.25, 0.3) is 10.9 Å². The molecule has 1 amide bonds. The largest absolute Gasteiger partial charge is 0.465 e. The molecule has 2 N–H and O–H groups in total. The van der Waals surface area contributed by atoms with E-state index < -0.39 is 11.9 Å². The number of fused-ring (bicyclic) bond motifs is 2. The summed E-state index contributed by atoms with van der Waals surface area (Å²) >= 11 is 0. The summed E-state index contributed by atoms with van der Waals surface area (Å²) in [6.45, 7) is 3.60. The van der Waals surface area contributed by atoms with Crippen LogP contribution in [-0.2, 0) is 0 Å². The Morgan fingerprint density at radius 2 is 2.16 bits per heavy atom. The van der Waals surface area contributed by atoms with E-state index in [-0.39, 0.29) is 11.6 Å². The highest BCUT2D eigenvalue weighted by Gasteiger charge is 2.41. The predicted octanol–water partition coefficient (Wildman–Crippen LogP) is 3.07. The zero-order chi connectivity index (χ0) is 17.7. The Kier molecular flexibility index (Phi) is 3.57. The molecule has 2 aromatic rings. The highest BCUT2D eigenvalue weighted by atomic mass is 19.1. The lowest BCUT2D eigenvalue weighted by Crippen LogP contribution is -2.49. The van der Waals surface area contributed by atoms with Crippen molar-refractivity contribution in [3.05, 3.63) is 29.2 Å². The number of piperidine rings is 1. The normalized spacial score (nSPS) is 22.9. The molecule has 2 unspecified atom stereocenters. The van der Waals surface area contributed by atoms with Crippen LogP contribution in [0.1, 0.15) is 24.1 Å². The molecular weight excluding hydrogens is 323 g/mol. The van der Waals surface area contributed by atoms with Gasteiger partial charge in [0.25, 0.3) is 0 Å². The van der Waals surface area contributed by atoms with Crippen LogP contribution in [0.4, 0.5) is 14.9 Å². The summed E-state index contributed by atoms with van der Waals surface area (Å²) in [6.07, 6.45) is 0.815. The van der Waals surface area contributed by atoms with E-state index in [1.54, 1.807) is 0 Å². The van der Waals surface area contributed by atoms with Crippen LogP contribution in [0.5, 0.6) is 0 Å². The molecule has 3 heterocycles. The number of benzene rings is 1. The van der Waals surface area contributed by atoms with Crippen LogP contribution >= 0.6 is 0 Å². The number of aromatic amines is 1. The molecule has 0 bridgehead atoms. The molecule has 1 aromatic heterocycles. The number of carboxylic acid groups (broad SMARTS) is 1. The van der Waals surface area contributed by atoms with Gasteiger partial charge in [0.05, 0.1) is 22.8 Å². The van der Waals surface area contributed by atoms with Gasteiger partial charge in [-0.2, -0.15) is 5.26 Å². The van der Waals surface area contributed by atoms with Crippen molar-refractivity contribution in [1.29, 1.82) is 5.26 Å². The molecule has 25 heavy (non-hydrogen) atoms. The third-order valence-electron chi connectivity index (χ3n) is 5.52. The molecule has 0 spiro atoms. The fourth-order valence-corrected chi connectivity index (χ4v) is 4.38. The van der Waals surface area contributed by atoms with E-state index in [9.17, 15) is 19.6 Å². The first kappa shape index (κ1) is 15.8. The first-order chi connectivity index (χ1) is 12.0. The molecule has 130 valence electrons. The van der Waals surface area contributed by atoms with E-state index in [1.807, 2.05) is 24.0 Å². The topological polar surface area (TPSA) is 83.4 Å². The van der Waals surface area contributed by atoms with Gasteiger partial charge in [-0.3, -0.25) is 0 Å². The number of rotatable bonds is 1. The molecule has 2 aliphatic rings. The molecule has 6 nitrogen and oxygen atoms in total. The average Bonchev–Trinajstić information content (AvgIpc) is 3.16. The Labute approximate surface area is 144 Å². The number of amides is 1. The van der Waals surface area contributed by atoms with Crippen molar-refractivity contribution in [2.75, 3.05) is 24.5 Å². The predicted molar refractivity (Wildman–Crippen MR) is 91.2 cm³/mol. The first-order valence-electron chi connectivity index (χ1n) is 8.46. The smallest absolute Gasteiger partial charge is 0.407 e. The number of hydrogen-bond acceptors (Lipinski definition) is 3. The second kappa shape index (κ2) is 5.66. The number of aromatic nitrogens is 1. The molecule has 4 rings (SSSR count). The fourth-order valence-electron chi connectivity index (χ4n) is 4.38. The third kappa shape index (κ3) is 2.40. The van der Waals surface area contributed by atoms with E-state index in [0.29, 0.717) is 42.1 Å². The summed E-state index contributed by atoms with van der Waals surface area (Å²) in [5.74, 6) is -0.0846. The van der Waals surface area contributed by atoms with E-state index >= 15 is 0 Å². The Balaban J connectivity index is 1.76. The van der Waals surface area contributed by atoms with Gasteiger partial charge in [-0.25, -0.2) is 9.18 Å². The SMILES string of the molecule is Cc1cc2c(N3CCC4CCN(C(=O)O)C4C3)c(F)cc(C#N)c2[nH]1. The lowest BCUT2D eigenvalue weighted by Gasteiger charge is -2.39. The minimum atomic E-state index is -0.905. The zero-order valence-electron chi connectivity index (χ0n) is 13.9. The molecule has 0 aliphatic carbocycles. The summed E-state index contributed by atoms with van der Waals surface area (Å²) in [6, 6.07) is 5.06. The van der Waals surface area contributed by atoms with Gasteiger partial charge in [-0.15, -0.1) is 0 Å². The number of nitrogens with one attached hydrogen (secondary N) is 1. The maximum Gasteiger partial charge on any atom is 0.407 e. The number of halogens is 1. The number of nitrogens with zero attached hydrogens (tertiary/aromatic N) is 3. The van der Waals surface area contributed by atoms with Crippen molar-refractivity contribution < 1.29 is 14.3 Å². The number of likely N-dealkylation sites (tertiary alicyclic amines) is 1. The number of hydrogen-bond donors (Lipinski definition) is 2. The number of nitriles is 1. The van der Waals surface area contributed by atoms with E-state index in [2.05, 4.69) is 4.98 Å². The van der Waals surface area contributed by atoms with Crippen molar-refractivity contribution >= 4 is 22.7 Å². The molecule has 2 saturated heterocycles. The number of H-pyrrole nitrogens is 1. The van der Waals surface area contributed by atoms with Crippen LogP contribution in [0.3, 0.4) is 0 Å². The zero-order valence-corrected chi connectivity index (χ0v) is 13.9. The van der Waals surface area contributed by atoms with Crippen LogP contribution in [-0.4, -0.2) is 46.8 Å². The van der Waals surface area contributed by atoms with Gasteiger partial charge in [0.1, 0.15) is 11.9 Å². The van der Waals surface area contributed by atoms with E-state index in [4.69, 9.17) is 0 Å². The van der Waals surface area contributed by atoms with Crippen molar-refractivity contribution in [2.24, 2.45) is 5.92 Å². The quantitative estimate of drug-likeness (QED) is 0.834. The standard InChI is InChI=1S/C18H19FN4O2/c1-10-6-13-16(21-10)12(8-20)7-14(19)17(13)22-4-2-11-3-5-23(18(24)25)15(11)9-22/h6-7,11,15,21H,2-5,9H2,1H3,(H,24,25).